The zero-order valence-electron chi connectivity index (χ0n) is 10.0. The molecule has 0 bridgehead atoms. The average Bonchev–Trinajstić information content (AvgIpc) is 2.56. The molecule has 20 heavy (non-hydrogen) atoms. The zero-order valence-corrected chi connectivity index (χ0v) is 10.8. The van der Waals surface area contributed by atoms with E-state index in [1.807, 2.05) is 0 Å². The minimum atomic E-state index is -4.88. The molecule has 4 N–H and O–H groups in total. The van der Waals surface area contributed by atoms with E-state index in [2.05, 4.69) is 4.28 Å². The van der Waals surface area contributed by atoms with Gasteiger partial charge in [0.25, 0.3) is 5.92 Å². The summed E-state index contributed by atoms with van der Waals surface area (Å²) in [4.78, 5) is 0. The molecule has 1 heterocycles. The minimum Gasteiger partial charge on any atom is -0.492 e. The largest absolute Gasteiger partial charge is 0.492 e. The van der Waals surface area contributed by atoms with Crippen molar-refractivity contribution in [2.45, 2.75) is 12.3 Å². The molecule has 8 nitrogen and oxygen atoms in total. The van der Waals surface area contributed by atoms with Gasteiger partial charge in [0.1, 0.15) is 6.61 Å². The maximum absolute atomic E-state index is 12.8. The van der Waals surface area contributed by atoms with Gasteiger partial charge in [-0.25, -0.2) is 8.78 Å². The topological polar surface area (TPSA) is 129 Å². The second-order valence-electron chi connectivity index (χ2n) is 3.91. The lowest BCUT2D eigenvalue weighted by Crippen LogP contribution is -2.36. The molecule has 116 valence electrons. The van der Waals surface area contributed by atoms with Gasteiger partial charge >= 0.3 is 10.1 Å². The van der Waals surface area contributed by atoms with Crippen molar-refractivity contribution in [2.24, 2.45) is 0 Å². The first-order valence-electron chi connectivity index (χ1n) is 5.26. The highest BCUT2D eigenvalue weighted by Crippen LogP contribution is 2.27. The van der Waals surface area contributed by atoms with E-state index in [0.717, 1.165) is 6.07 Å². The van der Waals surface area contributed by atoms with Crippen LogP contribution in [-0.2, 0) is 16.5 Å². The van der Waals surface area contributed by atoms with Gasteiger partial charge in [-0.2, -0.15) is 8.42 Å². The van der Waals surface area contributed by atoms with Crippen LogP contribution in [0.25, 0.3) is 0 Å². The molecule has 0 aliphatic heterocycles. The Kier molecular flexibility index (Phi) is 4.78. The summed E-state index contributed by atoms with van der Waals surface area (Å²) in [6.45, 7) is -2.10. The summed E-state index contributed by atoms with van der Waals surface area (Å²) in [5.41, 5.74) is -0.0332. The molecule has 0 spiro atoms. The van der Waals surface area contributed by atoms with Crippen LogP contribution in [0.15, 0.2) is 6.07 Å². The summed E-state index contributed by atoms with van der Waals surface area (Å²) in [5.74, 6) is -7.44. The number of aromatic nitrogens is 1. The van der Waals surface area contributed by atoms with Crippen molar-refractivity contribution < 1.29 is 41.9 Å². The molecule has 0 aromatic carbocycles. The first kappa shape index (κ1) is 16.5. The number of aromatic hydroxyl groups is 2. The van der Waals surface area contributed by atoms with Gasteiger partial charge in [-0.05, 0) is 0 Å². The van der Waals surface area contributed by atoms with E-state index in [4.69, 9.17) is 10.2 Å². The number of hydrogen-bond donors (Lipinski definition) is 4. The van der Waals surface area contributed by atoms with Crippen LogP contribution in [0.5, 0.6) is 11.8 Å². The van der Waals surface area contributed by atoms with Gasteiger partial charge in [-0.1, -0.05) is 4.73 Å². The monoisotopic (exact) mass is 317 g/mol. The quantitative estimate of drug-likeness (QED) is 0.498. The molecule has 1 aromatic heterocycles. The van der Waals surface area contributed by atoms with Crippen molar-refractivity contribution in [2.75, 3.05) is 19.0 Å². The number of hydrogen-bond acceptors (Lipinski definition) is 7. The standard InChI is InChI=1S/C9H13F2NO7S/c10-9(11,4-14)5-20(17,18)19-12-7(15)3-6(1-2-13)8(12)16/h3,13-16H,1-2,4-5H2. The van der Waals surface area contributed by atoms with Crippen molar-refractivity contribution in [3.63, 3.8) is 0 Å². The maximum atomic E-state index is 12.8. The molecular formula is C9H13F2NO7S. The summed E-state index contributed by atoms with van der Waals surface area (Å²) in [5, 5.41) is 35.9. The van der Waals surface area contributed by atoms with Crippen LogP contribution in [0.3, 0.4) is 0 Å². The van der Waals surface area contributed by atoms with Crippen LogP contribution >= 0.6 is 0 Å². The molecular weight excluding hydrogens is 304 g/mol. The Balaban J connectivity index is 2.98. The molecule has 1 rings (SSSR count). The summed E-state index contributed by atoms with van der Waals surface area (Å²) in [6.07, 6.45) is -0.109. The summed E-state index contributed by atoms with van der Waals surface area (Å²) in [6, 6.07) is 0.908. The Morgan fingerprint density at radius 1 is 1.30 bits per heavy atom. The van der Waals surface area contributed by atoms with Crippen molar-refractivity contribution in [3.05, 3.63) is 11.6 Å². The van der Waals surface area contributed by atoms with Crippen molar-refractivity contribution >= 4 is 10.1 Å². The van der Waals surface area contributed by atoms with Crippen LogP contribution in [0, 0.1) is 0 Å². The van der Waals surface area contributed by atoms with Gasteiger partial charge < -0.3 is 20.4 Å². The van der Waals surface area contributed by atoms with Crippen LogP contribution in [0.2, 0.25) is 0 Å². The van der Waals surface area contributed by atoms with E-state index in [1.165, 1.54) is 0 Å². The second-order valence-corrected chi connectivity index (χ2v) is 5.46. The van der Waals surface area contributed by atoms with E-state index in [1.54, 1.807) is 0 Å². The number of aliphatic hydroxyl groups is 2. The van der Waals surface area contributed by atoms with Crippen LogP contribution in [-0.4, -0.2) is 58.5 Å². The van der Waals surface area contributed by atoms with Gasteiger partial charge in [0.15, 0.2) is 5.75 Å². The number of alkyl halides is 2. The van der Waals surface area contributed by atoms with Gasteiger partial charge in [0, 0.05) is 24.7 Å². The Morgan fingerprint density at radius 3 is 2.40 bits per heavy atom. The second kappa shape index (κ2) is 5.81. The third kappa shape index (κ3) is 3.95. The van der Waals surface area contributed by atoms with E-state index < -0.39 is 46.8 Å². The first-order chi connectivity index (χ1) is 9.12. The molecule has 1 aromatic rings. The molecule has 0 aliphatic rings. The smallest absolute Gasteiger partial charge is 0.333 e. The van der Waals surface area contributed by atoms with E-state index in [0.29, 0.717) is 0 Å². The fraction of sp³-hybridized carbons (Fsp3) is 0.556. The van der Waals surface area contributed by atoms with Crippen molar-refractivity contribution in [1.82, 2.24) is 4.73 Å². The predicted octanol–water partition coefficient (Wildman–Crippen LogP) is -1.18. The SMILES string of the molecule is O=S(=O)(CC(F)(F)CO)On1c(O)cc(CCO)c1O. The molecule has 0 aliphatic carbocycles. The van der Waals surface area contributed by atoms with Crippen LogP contribution < -0.4 is 4.28 Å². The Hall–Kier alpha value is -1.59. The lowest BCUT2D eigenvalue weighted by Gasteiger charge is -2.14. The maximum Gasteiger partial charge on any atom is 0.333 e. The summed E-state index contributed by atoms with van der Waals surface area (Å²) >= 11 is 0. The molecule has 0 atom stereocenters. The fourth-order valence-electron chi connectivity index (χ4n) is 1.34. The predicted molar refractivity (Wildman–Crippen MR) is 61.0 cm³/mol. The van der Waals surface area contributed by atoms with E-state index in [9.17, 15) is 27.4 Å². The van der Waals surface area contributed by atoms with Crippen LogP contribution in [0.1, 0.15) is 5.56 Å². The third-order valence-corrected chi connectivity index (χ3v) is 3.33. The number of rotatable bonds is 7. The molecule has 0 fully saturated rings. The summed E-state index contributed by atoms with van der Waals surface area (Å²) in [7, 11) is -4.88. The number of nitrogens with zero attached hydrogens (tertiary/aromatic N) is 1. The van der Waals surface area contributed by atoms with E-state index >= 15 is 0 Å². The molecule has 0 radical (unpaired) electrons. The summed E-state index contributed by atoms with van der Waals surface area (Å²) < 4.78 is 52.5. The molecule has 11 heteroatoms. The first-order valence-corrected chi connectivity index (χ1v) is 6.84. The Labute approximate surface area is 112 Å². The molecule has 0 amide bonds. The van der Waals surface area contributed by atoms with Gasteiger partial charge in [-0.3, -0.25) is 4.28 Å². The van der Waals surface area contributed by atoms with Crippen molar-refractivity contribution in [3.8, 4) is 11.8 Å². The Bertz CT molecular complexity index is 569. The minimum absolute atomic E-state index is 0.0332. The third-order valence-electron chi connectivity index (χ3n) is 2.18. The number of aliphatic hydroxyl groups excluding tert-OH is 2. The molecule has 0 saturated carbocycles. The highest BCUT2D eigenvalue weighted by atomic mass is 32.2. The zero-order chi connectivity index (χ0) is 15.6. The van der Waals surface area contributed by atoms with Gasteiger partial charge in [-0.15, -0.1) is 0 Å². The van der Waals surface area contributed by atoms with Crippen molar-refractivity contribution in [1.29, 1.82) is 0 Å². The fourth-order valence-corrected chi connectivity index (χ4v) is 2.38. The van der Waals surface area contributed by atoms with Gasteiger partial charge in [0.2, 0.25) is 11.8 Å². The number of halogens is 2. The Morgan fingerprint density at radius 2 is 1.90 bits per heavy atom. The highest BCUT2D eigenvalue weighted by molar-refractivity contribution is 7.86. The highest BCUT2D eigenvalue weighted by Gasteiger charge is 2.37. The average molecular weight is 317 g/mol. The van der Waals surface area contributed by atoms with Gasteiger partial charge in [0.05, 0.1) is 0 Å². The lowest BCUT2D eigenvalue weighted by atomic mass is 10.2. The molecule has 0 saturated heterocycles. The lowest BCUT2D eigenvalue weighted by molar-refractivity contribution is -0.0308. The van der Waals surface area contributed by atoms with Crippen LogP contribution in [0.4, 0.5) is 8.78 Å². The van der Waals surface area contributed by atoms with E-state index in [-0.39, 0.29) is 16.7 Å². The normalized spacial score (nSPS) is 12.6. The molecule has 0 unspecified atom stereocenters.